The number of hydrogen-bond donors (Lipinski definition) is 0. The van der Waals surface area contributed by atoms with Crippen molar-refractivity contribution in [3.63, 3.8) is 0 Å². The Labute approximate surface area is 147 Å². The van der Waals surface area contributed by atoms with E-state index in [2.05, 4.69) is 9.55 Å². The standard InChI is InChI=1S/C19H22N4O2/c24-18-7-3-10-23(18)16-5-1-4-15(12-16)19(25)21-9-2-6-17(13-21)22-11-8-20-14-22/h1,4-5,8,11-12,14,17H,2-3,6-7,9-10,13H2/t17-/m1/s1. The fourth-order valence-electron chi connectivity index (χ4n) is 3.78. The van der Waals surface area contributed by atoms with Crippen LogP contribution in [0.2, 0.25) is 0 Å². The fourth-order valence-corrected chi connectivity index (χ4v) is 3.78. The lowest BCUT2D eigenvalue weighted by molar-refractivity contribution is -0.117. The van der Waals surface area contributed by atoms with E-state index in [1.807, 2.05) is 41.7 Å². The SMILES string of the molecule is O=C(c1cccc(N2CCCC2=O)c1)N1CCC[C@@H](n2ccnc2)C1. The number of aromatic nitrogens is 2. The second kappa shape index (κ2) is 6.70. The molecule has 130 valence electrons. The molecule has 0 radical (unpaired) electrons. The minimum absolute atomic E-state index is 0.0401. The van der Waals surface area contributed by atoms with E-state index in [1.165, 1.54) is 0 Å². The molecule has 0 saturated carbocycles. The van der Waals surface area contributed by atoms with Crippen molar-refractivity contribution in [2.45, 2.75) is 31.7 Å². The van der Waals surface area contributed by atoms with Gasteiger partial charge in [0.1, 0.15) is 0 Å². The van der Waals surface area contributed by atoms with E-state index in [0.717, 1.165) is 38.0 Å². The Morgan fingerprint density at radius 2 is 2.12 bits per heavy atom. The van der Waals surface area contributed by atoms with Gasteiger partial charge in [-0.15, -0.1) is 0 Å². The van der Waals surface area contributed by atoms with Crippen LogP contribution in [-0.2, 0) is 4.79 Å². The Kier molecular flexibility index (Phi) is 4.26. The molecule has 25 heavy (non-hydrogen) atoms. The molecule has 2 aromatic rings. The van der Waals surface area contributed by atoms with Crippen LogP contribution >= 0.6 is 0 Å². The maximum Gasteiger partial charge on any atom is 0.253 e. The first-order valence-corrected chi connectivity index (χ1v) is 8.89. The number of amides is 2. The molecule has 6 heteroatoms. The summed E-state index contributed by atoms with van der Waals surface area (Å²) in [6.45, 7) is 2.21. The van der Waals surface area contributed by atoms with E-state index in [0.29, 0.717) is 18.5 Å². The molecule has 1 aromatic carbocycles. The van der Waals surface area contributed by atoms with Gasteiger partial charge in [0, 0.05) is 49.7 Å². The van der Waals surface area contributed by atoms with Crippen LogP contribution in [0.5, 0.6) is 0 Å². The summed E-state index contributed by atoms with van der Waals surface area (Å²) in [6.07, 6.45) is 9.07. The van der Waals surface area contributed by atoms with Crippen molar-refractivity contribution in [2.24, 2.45) is 0 Å². The summed E-state index contributed by atoms with van der Waals surface area (Å²) >= 11 is 0. The number of imidazole rings is 1. The van der Waals surface area contributed by atoms with Crippen molar-refractivity contribution in [2.75, 3.05) is 24.5 Å². The molecule has 1 aromatic heterocycles. The van der Waals surface area contributed by atoms with Crippen molar-refractivity contribution in [1.82, 2.24) is 14.5 Å². The quantitative estimate of drug-likeness (QED) is 0.864. The van der Waals surface area contributed by atoms with Gasteiger partial charge in [-0.25, -0.2) is 4.98 Å². The number of benzene rings is 1. The molecular weight excluding hydrogens is 316 g/mol. The van der Waals surface area contributed by atoms with Crippen LogP contribution in [0.1, 0.15) is 42.1 Å². The minimum atomic E-state index is 0.0401. The first kappa shape index (κ1) is 15.9. The Bertz CT molecular complexity index is 771. The van der Waals surface area contributed by atoms with Crippen LogP contribution < -0.4 is 4.90 Å². The van der Waals surface area contributed by atoms with Gasteiger partial charge in [-0.3, -0.25) is 9.59 Å². The summed E-state index contributed by atoms with van der Waals surface area (Å²) in [5.41, 5.74) is 1.49. The van der Waals surface area contributed by atoms with E-state index >= 15 is 0 Å². The van der Waals surface area contributed by atoms with E-state index in [9.17, 15) is 9.59 Å². The van der Waals surface area contributed by atoms with Gasteiger partial charge < -0.3 is 14.4 Å². The first-order chi connectivity index (χ1) is 12.2. The molecule has 1 atom stereocenters. The Morgan fingerprint density at radius 3 is 2.88 bits per heavy atom. The second-order valence-corrected chi connectivity index (χ2v) is 6.76. The molecule has 4 rings (SSSR count). The van der Waals surface area contributed by atoms with E-state index in [1.54, 1.807) is 11.1 Å². The molecule has 2 saturated heterocycles. The maximum absolute atomic E-state index is 13.0. The molecule has 3 heterocycles. The maximum atomic E-state index is 13.0. The minimum Gasteiger partial charge on any atom is -0.337 e. The number of likely N-dealkylation sites (tertiary alicyclic amines) is 1. The summed E-state index contributed by atoms with van der Waals surface area (Å²) in [7, 11) is 0. The predicted molar refractivity (Wildman–Crippen MR) is 94.4 cm³/mol. The van der Waals surface area contributed by atoms with E-state index < -0.39 is 0 Å². The molecule has 0 spiro atoms. The zero-order valence-electron chi connectivity index (χ0n) is 14.2. The van der Waals surface area contributed by atoms with Gasteiger partial charge in [0.2, 0.25) is 5.91 Å². The third kappa shape index (κ3) is 3.16. The van der Waals surface area contributed by atoms with Crippen molar-refractivity contribution >= 4 is 17.5 Å². The summed E-state index contributed by atoms with van der Waals surface area (Å²) in [6, 6.07) is 7.75. The topological polar surface area (TPSA) is 58.4 Å². The lowest BCUT2D eigenvalue weighted by Crippen LogP contribution is -2.40. The van der Waals surface area contributed by atoms with Gasteiger partial charge in [-0.05, 0) is 37.5 Å². The smallest absolute Gasteiger partial charge is 0.253 e. The molecular formula is C19H22N4O2. The number of anilines is 1. The number of carbonyl (C=O) groups is 2. The van der Waals surface area contributed by atoms with Crippen LogP contribution in [-0.4, -0.2) is 45.9 Å². The van der Waals surface area contributed by atoms with Crippen LogP contribution in [0.3, 0.4) is 0 Å². The van der Waals surface area contributed by atoms with Crippen LogP contribution in [0.15, 0.2) is 43.0 Å². The molecule has 0 bridgehead atoms. The monoisotopic (exact) mass is 338 g/mol. The summed E-state index contributed by atoms with van der Waals surface area (Å²) in [5, 5.41) is 0. The highest BCUT2D eigenvalue weighted by molar-refractivity contribution is 5.99. The molecule has 0 N–H and O–H groups in total. The van der Waals surface area contributed by atoms with Crippen LogP contribution in [0, 0.1) is 0 Å². The fraction of sp³-hybridized carbons (Fsp3) is 0.421. The predicted octanol–water partition coefficient (Wildman–Crippen LogP) is 2.49. The van der Waals surface area contributed by atoms with Crippen LogP contribution in [0.25, 0.3) is 0 Å². The van der Waals surface area contributed by atoms with Crippen molar-refractivity contribution in [1.29, 1.82) is 0 Å². The molecule has 0 unspecified atom stereocenters. The second-order valence-electron chi connectivity index (χ2n) is 6.76. The van der Waals surface area contributed by atoms with E-state index in [-0.39, 0.29) is 17.9 Å². The number of rotatable bonds is 3. The van der Waals surface area contributed by atoms with Gasteiger partial charge in [-0.2, -0.15) is 0 Å². The third-order valence-corrected chi connectivity index (χ3v) is 5.11. The molecule has 0 aliphatic carbocycles. The molecule has 2 amide bonds. The Morgan fingerprint density at radius 1 is 1.20 bits per heavy atom. The third-order valence-electron chi connectivity index (χ3n) is 5.11. The molecule has 2 aliphatic rings. The number of nitrogens with zero attached hydrogens (tertiary/aromatic N) is 4. The zero-order chi connectivity index (χ0) is 17.2. The zero-order valence-corrected chi connectivity index (χ0v) is 14.2. The lowest BCUT2D eigenvalue weighted by atomic mass is 10.0. The highest BCUT2D eigenvalue weighted by atomic mass is 16.2. The summed E-state index contributed by atoms with van der Waals surface area (Å²) in [5.74, 6) is 0.182. The van der Waals surface area contributed by atoms with Crippen molar-refractivity contribution in [3.05, 3.63) is 48.5 Å². The Balaban J connectivity index is 1.51. The molecule has 2 aliphatic heterocycles. The number of carbonyl (C=O) groups excluding carboxylic acids is 2. The largest absolute Gasteiger partial charge is 0.337 e. The van der Waals surface area contributed by atoms with Crippen molar-refractivity contribution in [3.8, 4) is 0 Å². The highest BCUT2D eigenvalue weighted by Crippen LogP contribution is 2.25. The highest BCUT2D eigenvalue weighted by Gasteiger charge is 2.27. The Hall–Kier alpha value is -2.63. The van der Waals surface area contributed by atoms with E-state index in [4.69, 9.17) is 0 Å². The van der Waals surface area contributed by atoms with Crippen LogP contribution in [0.4, 0.5) is 5.69 Å². The lowest BCUT2D eigenvalue weighted by Gasteiger charge is -2.33. The van der Waals surface area contributed by atoms with Gasteiger partial charge in [0.25, 0.3) is 5.91 Å². The van der Waals surface area contributed by atoms with Gasteiger partial charge in [0.05, 0.1) is 12.4 Å². The molecule has 6 nitrogen and oxygen atoms in total. The number of piperidine rings is 1. The molecule has 2 fully saturated rings. The van der Waals surface area contributed by atoms with Gasteiger partial charge >= 0.3 is 0 Å². The summed E-state index contributed by atoms with van der Waals surface area (Å²) < 4.78 is 2.08. The first-order valence-electron chi connectivity index (χ1n) is 8.89. The van der Waals surface area contributed by atoms with Gasteiger partial charge in [-0.1, -0.05) is 6.07 Å². The average molecular weight is 338 g/mol. The summed E-state index contributed by atoms with van der Waals surface area (Å²) in [4.78, 5) is 32.7. The normalized spacial score (nSPS) is 21.0. The average Bonchev–Trinajstić information content (AvgIpc) is 3.33. The van der Waals surface area contributed by atoms with Gasteiger partial charge in [0.15, 0.2) is 0 Å². The van der Waals surface area contributed by atoms with Crippen molar-refractivity contribution < 1.29 is 9.59 Å². The number of hydrogen-bond acceptors (Lipinski definition) is 3.